The maximum Gasteiger partial charge on any atom is 0.278 e. The summed E-state index contributed by atoms with van der Waals surface area (Å²) in [4.78, 5) is 26.2. The van der Waals surface area contributed by atoms with Gasteiger partial charge < -0.3 is 19.1 Å². The van der Waals surface area contributed by atoms with Crippen LogP contribution < -0.4 is 15.2 Å². The van der Waals surface area contributed by atoms with Gasteiger partial charge in [0.25, 0.3) is 5.56 Å². The van der Waals surface area contributed by atoms with Crippen LogP contribution in [-0.2, 0) is 9.47 Å². The molecule has 0 unspecified atom stereocenters. The maximum atomic E-state index is 13.8. The molecule has 1 aliphatic heterocycles. The first-order chi connectivity index (χ1) is 22.0. The lowest BCUT2D eigenvalue weighted by Gasteiger charge is -2.21. The standard InChI is InChI=1S/C36H41N5O4/c1-6-40(7-2)28-18-19-30(25(4)24-28)37-34-33(29-16-12-13-17-31(29)45-23-22-44-21-20-43-8-3)39-41-35(34)38-32(26(5)36(41)42)27-14-10-9-11-15-27/h9-19,24H,6-8,20-23H2,1-5H3. The molecule has 0 fully saturated rings. The second kappa shape index (κ2) is 14.9. The fourth-order valence-corrected chi connectivity index (χ4v) is 5.29. The van der Waals surface area contributed by atoms with E-state index in [4.69, 9.17) is 29.3 Å². The molecule has 1 aromatic heterocycles. The summed E-state index contributed by atoms with van der Waals surface area (Å²) in [6.45, 7) is 14.4. The van der Waals surface area contributed by atoms with Crippen molar-refractivity contribution in [1.82, 2.24) is 9.66 Å². The molecule has 1 aliphatic rings. The van der Waals surface area contributed by atoms with Crippen molar-refractivity contribution in [1.29, 1.82) is 0 Å². The summed E-state index contributed by atoms with van der Waals surface area (Å²) in [7, 11) is 0. The number of para-hydroxylation sites is 1. The predicted molar refractivity (Wildman–Crippen MR) is 181 cm³/mol. The number of aryl methyl sites for hydroxylation is 1. The number of anilines is 1. The lowest BCUT2D eigenvalue weighted by atomic mass is 10.0. The van der Waals surface area contributed by atoms with Crippen molar-refractivity contribution in [2.24, 2.45) is 10.1 Å². The van der Waals surface area contributed by atoms with E-state index in [1.54, 1.807) is 6.92 Å². The van der Waals surface area contributed by atoms with Crippen molar-refractivity contribution in [3.8, 4) is 17.0 Å². The van der Waals surface area contributed by atoms with Gasteiger partial charge in [0.2, 0.25) is 0 Å². The molecule has 0 bridgehead atoms. The molecule has 0 radical (unpaired) electrons. The topological polar surface area (TPSA) is 90.5 Å². The highest BCUT2D eigenvalue weighted by molar-refractivity contribution is 6.54. The number of rotatable bonds is 14. The van der Waals surface area contributed by atoms with Crippen LogP contribution in [0.15, 0.2) is 87.7 Å². The molecule has 4 aromatic rings. The van der Waals surface area contributed by atoms with E-state index in [1.807, 2.05) is 74.5 Å². The van der Waals surface area contributed by atoms with Crippen LogP contribution in [0.5, 0.6) is 5.75 Å². The maximum absolute atomic E-state index is 13.8. The fourth-order valence-electron chi connectivity index (χ4n) is 5.29. The Bertz CT molecular complexity index is 1740. The van der Waals surface area contributed by atoms with Crippen molar-refractivity contribution in [2.75, 3.05) is 51.0 Å². The predicted octanol–water partition coefficient (Wildman–Crippen LogP) is 6.19. The quantitative estimate of drug-likeness (QED) is 0.159. The minimum atomic E-state index is -0.240. The van der Waals surface area contributed by atoms with Gasteiger partial charge in [-0.15, -0.1) is 0 Å². The van der Waals surface area contributed by atoms with Gasteiger partial charge >= 0.3 is 0 Å². The second-order valence-corrected chi connectivity index (χ2v) is 10.6. The lowest BCUT2D eigenvalue weighted by Crippen LogP contribution is -2.24. The Labute approximate surface area is 264 Å². The summed E-state index contributed by atoms with van der Waals surface area (Å²) in [5.41, 5.74) is 6.41. The molecule has 0 saturated carbocycles. The molecule has 0 amide bonds. The number of ether oxygens (including phenoxy) is 3. The Kier molecular flexibility index (Phi) is 10.5. The van der Waals surface area contributed by atoms with Crippen LogP contribution in [-0.4, -0.2) is 67.2 Å². The third-order valence-electron chi connectivity index (χ3n) is 7.71. The van der Waals surface area contributed by atoms with E-state index >= 15 is 0 Å². The monoisotopic (exact) mass is 607 g/mol. The van der Waals surface area contributed by atoms with Gasteiger partial charge in [-0.2, -0.15) is 9.78 Å². The van der Waals surface area contributed by atoms with Gasteiger partial charge in [0.05, 0.1) is 31.2 Å². The van der Waals surface area contributed by atoms with Gasteiger partial charge in [0.1, 0.15) is 23.8 Å². The minimum absolute atomic E-state index is 0.240. The molecule has 9 nitrogen and oxygen atoms in total. The number of hydrogen-bond donors (Lipinski definition) is 0. The summed E-state index contributed by atoms with van der Waals surface area (Å²) in [5, 5.41) is 4.83. The fraction of sp³-hybridized carbons (Fsp3) is 0.333. The first-order valence-electron chi connectivity index (χ1n) is 15.6. The zero-order valence-corrected chi connectivity index (χ0v) is 26.7. The number of aromatic nitrogens is 2. The smallest absolute Gasteiger partial charge is 0.278 e. The molecule has 0 spiro atoms. The van der Waals surface area contributed by atoms with E-state index in [9.17, 15) is 4.79 Å². The summed E-state index contributed by atoms with van der Waals surface area (Å²) in [6.07, 6.45) is 0. The third-order valence-corrected chi connectivity index (χ3v) is 7.71. The first-order valence-corrected chi connectivity index (χ1v) is 15.6. The summed E-state index contributed by atoms with van der Waals surface area (Å²) in [6, 6.07) is 23.6. The zero-order valence-electron chi connectivity index (χ0n) is 26.7. The van der Waals surface area contributed by atoms with Gasteiger partial charge in [-0.25, -0.2) is 9.98 Å². The van der Waals surface area contributed by atoms with Crippen LogP contribution in [0.2, 0.25) is 0 Å². The number of benzene rings is 3. The number of hydrogen-bond acceptors (Lipinski definition) is 8. The molecule has 2 heterocycles. The average molecular weight is 608 g/mol. The Balaban J connectivity index is 1.58. The molecule has 45 heavy (non-hydrogen) atoms. The van der Waals surface area contributed by atoms with Crippen LogP contribution in [0.1, 0.15) is 43.3 Å². The number of fused-ring (bicyclic) bond motifs is 1. The summed E-state index contributed by atoms with van der Waals surface area (Å²) in [5.74, 6) is 1.01. The van der Waals surface area contributed by atoms with E-state index < -0.39 is 0 Å². The average Bonchev–Trinajstić information content (AvgIpc) is 3.42. The van der Waals surface area contributed by atoms with Crippen LogP contribution in [0.25, 0.3) is 11.3 Å². The second-order valence-electron chi connectivity index (χ2n) is 10.6. The largest absolute Gasteiger partial charge is 0.490 e. The van der Waals surface area contributed by atoms with Crippen molar-refractivity contribution >= 4 is 22.8 Å². The van der Waals surface area contributed by atoms with Crippen molar-refractivity contribution in [3.63, 3.8) is 0 Å². The molecule has 3 aromatic carbocycles. The van der Waals surface area contributed by atoms with Crippen LogP contribution in [0, 0.1) is 13.8 Å². The van der Waals surface area contributed by atoms with Crippen LogP contribution in [0.4, 0.5) is 11.4 Å². The van der Waals surface area contributed by atoms with Gasteiger partial charge in [-0.05, 0) is 70.5 Å². The Hall–Kier alpha value is -4.60. The Morgan fingerprint density at radius 1 is 0.844 bits per heavy atom. The van der Waals surface area contributed by atoms with Crippen molar-refractivity contribution in [3.05, 3.63) is 106 Å². The highest BCUT2D eigenvalue weighted by atomic mass is 16.5. The molecule has 9 heteroatoms. The normalized spacial score (nSPS) is 13.2. The van der Waals surface area contributed by atoms with E-state index in [-0.39, 0.29) is 5.56 Å². The molecular weight excluding hydrogens is 566 g/mol. The Morgan fingerprint density at radius 3 is 2.29 bits per heavy atom. The molecule has 0 atom stereocenters. The molecular formula is C36H41N5O4. The molecule has 0 N–H and O–H groups in total. The third kappa shape index (κ3) is 7.05. The molecule has 0 aliphatic carbocycles. The van der Waals surface area contributed by atoms with E-state index in [1.165, 1.54) is 4.68 Å². The lowest BCUT2D eigenvalue weighted by molar-refractivity contribution is 0.0404. The van der Waals surface area contributed by atoms with Crippen LogP contribution in [0.3, 0.4) is 0 Å². The zero-order chi connectivity index (χ0) is 31.8. The number of aliphatic imine (C=N–C) groups is 1. The van der Waals surface area contributed by atoms with Crippen molar-refractivity contribution in [2.45, 2.75) is 34.6 Å². The van der Waals surface area contributed by atoms with Crippen LogP contribution >= 0.6 is 0 Å². The molecule has 0 saturated heterocycles. The molecule has 234 valence electrons. The van der Waals surface area contributed by atoms with Crippen molar-refractivity contribution < 1.29 is 14.2 Å². The summed E-state index contributed by atoms with van der Waals surface area (Å²) >= 11 is 0. The highest BCUT2D eigenvalue weighted by Crippen LogP contribution is 2.30. The van der Waals surface area contributed by atoms with E-state index in [0.717, 1.165) is 35.6 Å². The van der Waals surface area contributed by atoms with Gasteiger partial charge in [0, 0.05) is 42.1 Å². The SMILES string of the molecule is CCOCCOCCOc1ccccc1C1=Nn2c(nc(-c3ccccc3)c(C)c2=O)C1=Nc1ccc(N(CC)CC)cc1C. The van der Waals surface area contributed by atoms with Gasteiger partial charge in [-0.1, -0.05) is 42.5 Å². The highest BCUT2D eigenvalue weighted by Gasteiger charge is 2.31. The minimum Gasteiger partial charge on any atom is -0.490 e. The molecule has 5 rings (SSSR count). The Morgan fingerprint density at radius 2 is 1.56 bits per heavy atom. The van der Waals surface area contributed by atoms with Gasteiger partial charge in [-0.3, -0.25) is 4.79 Å². The first kappa shape index (κ1) is 31.8. The summed E-state index contributed by atoms with van der Waals surface area (Å²) < 4.78 is 18.5. The van der Waals surface area contributed by atoms with E-state index in [2.05, 4.69) is 30.9 Å². The van der Waals surface area contributed by atoms with E-state index in [0.29, 0.717) is 72.9 Å². The number of nitrogens with zero attached hydrogens (tertiary/aromatic N) is 5. The van der Waals surface area contributed by atoms with Gasteiger partial charge in [0.15, 0.2) is 5.82 Å².